The van der Waals surface area contributed by atoms with Gasteiger partial charge in [0.25, 0.3) is 0 Å². The van der Waals surface area contributed by atoms with Crippen LogP contribution in [0.5, 0.6) is 0 Å². The average Bonchev–Trinajstić information content (AvgIpc) is 2.29. The van der Waals surface area contributed by atoms with E-state index in [1.165, 1.54) is 6.07 Å². The Balaban J connectivity index is 2.28. The van der Waals surface area contributed by atoms with Crippen molar-refractivity contribution in [3.63, 3.8) is 0 Å². The summed E-state index contributed by atoms with van der Waals surface area (Å²) in [5.41, 5.74) is 6.90. The van der Waals surface area contributed by atoms with Gasteiger partial charge in [-0.05, 0) is 31.5 Å². The van der Waals surface area contributed by atoms with Gasteiger partial charge in [-0.15, -0.1) is 0 Å². The summed E-state index contributed by atoms with van der Waals surface area (Å²) in [5.74, 6) is -0.200. The lowest BCUT2D eigenvalue weighted by molar-refractivity contribution is 0.558. The number of benzene rings is 1. The largest absolute Gasteiger partial charge is 0.364 e. The third-order valence-corrected chi connectivity index (χ3v) is 5.27. The molecule has 6 heteroatoms. The molecule has 1 aromatic carbocycles. The van der Waals surface area contributed by atoms with Gasteiger partial charge in [-0.3, -0.25) is 0 Å². The molecule has 0 bridgehead atoms. The van der Waals surface area contributed by atoms with Gasteiger partial charge < -0.3 is 10.6 Å². The highest BCUT2D eigenvalue weighted by atomic mass is 32.2. The topological polar surface area (TPSA) is 63.4 Å². The van der Waals surface area contributed by atoms with Gasteiger partial charge in [-0.1, -0.05) is 6.07 Å². The Morgan fingerprint density at radius 2 is 2.16 bits per heavy atom. The molecule has 0 spiro atoms. The first-order valence-electron chi connectivity index (χ1n) is 6.32. The van der Waals surface area contributed by atoms with Gasteiger partial charge in [0, 0.05) is 18.6 Å². The van der Waals surface area contributed by atoms with Crippen LogP contribution in [0.3, 0.4) is 0 Å². The van der Waals surface area contributed by atoms with Crippen molar-refractivity contribution in [2.75, 3.05) is 23.0 Å². The Kier molecular flexibility index (Phi) is 3.82. The maximum absolute atomic E-state index is 14.1. The lowest BCUT2D eigenvalue weighted by atomic mass is 10.1. The molecule has 106 valence electrons. The molecule has 2 atom stereocenters. The maximum atomic E-state index is 14.1. The smallest absolute Gasteiger partial charge is 0.154 e. The van der Waals surface area contributed by atoms with Crippen molar-refractivity contribution in [3.8, 4) is 0 Å². The summed E-state index contributed by atoms with van der Waals surface area (Å²) >= 11 is 0. The summed E-state index contributed by atoms with van der Waals surface area (Å²) in [6.07, 6.45) is 0. The van der Waals surface area contributed by atoms with Crippen molar-refractivity contribution in [2.45, 2.75) is 25.9 Å². The molecular formula is C13H19FN2O2S. The number of sulfone groups is 1. The Bertz CT molecular complexity index is 572. The first-order chi connectivity index (χ1) is 8.80. The maximum Gasteiger partial charge on any atom is 0.154 e. The third-order valence-electron chi connectivity index (χ3n) is 3.48. The van der Waals surface area contributed by atoms with Crippen molar-refractivity contribution < 1.29 is 12.8 Å². The summed E-state index contributed by atoms with van der Waals surface area (Å²) in [6, 6.07) is 4.47. The standard InChI is InChI=1S/C13H19FN2O2S/c1-9-8-19(17,18)6-5-16(9)13-4-3-11(10(2)15)7-12(13)14/h3-4,7,9-10H,5-6,8,15H2,1-2H3. The Morgan fingerprint density at radius 1 is 1.47 bits per heavy atom. The minimum atomic E-state index is -2.99. The van der Waals surface area contributed by atoms with Gasteiger partial charge in [-0.2, -0.15) is 0 Å². The summed E-state index contributed by atoms with van der Waals surface area (Å²) < 4.78 is 37.2. The fourth-order valence-corrected chi connectivity index (χ4v) is 3.95. The summed E-state index contributed by atoms with van der Waals surface area (Å²) in [4.78, 5) is 1.81. The van der Waals surface area contributed by atoms with E-state index in [9.17, 15) is 12.8 Å². The fraction of sp³-hybridized carbons (Fsp3) is 0.538. The van der Waals surface area contributed by atoms with Crippen molar-refractivity contribution in [2.24, 2.45) is 5.73 Å². The molecule has 1 fully saturated rings. The van der Waals surface area contributed by atoms with Crippen LogP contribution < -0.4 is 10.6 Å². The van der Waals surface area contributed by atoms with Crippen LogP contribution in [0.15, 0.2) is 18.2 Å². The van der Waals surface area contributed by atoms with Crippen molar-refractivity contribution in [1.82, 2.24) is 0 Å². The molecule has 0 saturated carbocycles. The van der Waals surface area contributed by atoms with E-state index in [4.69, 9.17) is 5.73 Å². The summed E-state index contributed by atoms with van der Waals surface area (Å²) in [6.45, 7) is 3.93. The predicted octanol–water partition coefficient (Wildman–Crippen LogP) is 1.47. The van der Waals surface area contributed by atoms with E-state index in [0.717, 1.165) is 5.56 Å². The zero-order valence-corrected chi connectivity index (χ0v) is 12.0. The lowest BCUT2D eigenvalue weighted by Gasteiger charge is -2.35. The number of halogens is 1. The molecule has 0 amide bonds. The minimum Gasteiger partial charge on any atom is -0.364 e. The molecule has 0 aliphatic carbocycles. The van der Waals surface area contributed by atoms with Gasteiger partial charge >= 0.3 is 0 Å². The Labute approximate surface area is 113 Å². The van der Waals surface area contributed by atoms with E-state index in [2.05, 4.69) is 0 Å². The minimum absolute atomic E-state index is 0.0709. The number of anilines is 1. The molecular weight excluding hydrogens is 267 g/mol. The zero-order valence-electron chi connectivity index (χ0n) is 11.1. The number of hydrogen-bond donors (Lipinski definition) is 1. The SMILES string of the molecule is CC(N)c1ccc(N2CCS(=O)(=O)CC2C)c(F)c1. The zero-order chi connectivity index (χ0) is 14.2. The molecule has 2 unspecified atom stereocenters. The highest BCUT2D eigenvalue weighted by molar-refractivity contribution is 7.91. The molecule has 1 aromatic rings. The molecule has 1 aliphatic rings. The second-order valence-electron chi connectivity index (χ2n) is 5.16. The molecule has 2 rings (SSSR count). The molecule has 0 radical (unpaired) electrons. The number of nitrogens with two attached hydrogens (primary N) is 1. The van der Waals surface area contributed by atoms with Crippen LogP contribution in [0.25, 0.3) is 0 Å². The summed E-state index contributed by atoms with van der Waals surface area (Å²) in [5, 5.41) is 0. The van der Waals surface area contributed by atoms with E-state index in [0.29, 0.717) is 12.2 Å². The van der Waals surface area contributed by atoms with E-state index in [1.807, 2.05) is 0 Å². The van der Waals surface area contributed by atoms with E-state index >= 15 is 0 Å². The van der Waals surface area contributed by atoms with Crippen molar-refractivity contribution in [3.05, 3.63) is 29.6 Å². The highest BCUT2D eigenvalue weighted by Crippen LogP contribution is 2.26. The van der Waals surface area contributed by atoms with Crippen LogP contribution in [-0.4, -0.2) is 32.5 Å². The van der Waals surface area contributed by atoms with Crippen molar-refractivity contribution in [1.29, 1.82) is 0 Å². The van der Waals surface area contributed by atoms with E-state index in [-0.39, 0.29) is 29.4 Å². The molecule has 0 aromatic heterocycles. The van der Waals surface area contributed by atoms with Gasteiger partial charge in [0.2, 0.25) is 0 Å². The fourth-order valence-electron chi connectivity index (χ4n) is 2.40. The normalized spacial score (nSPS) is 24.2. The van der Waals surface area contributed by atoms with Gasteiger partial charge in [0.15, 0.2) is 9.84 Å². The van der Waals surface area contributed by atoms with Crippen molar-refractivity contribution >= 4 is 15.5 Å². The number of rotatable bonds is 2. The predicted molar refractivity (Wildman–Crippen MR) is 74.5 cm³/mol. The molecule has 4 nitrogen and oxygen atoms in total. The van der Waals surface area contributed by atoms with Crippen LogP contribution in [0.1, 0.15) is 25.5 Å². The van der Waals surface area contributed by atoms with Crippen LogP contribution in [0.4, 0.5) is 10.1 Å². The van der Waals surface area contributed by atoms with Gasteiger partial charge in [0.1, 0.15) is 5.82 Å². The summed E-state index contributed by atoms with van der Waals surface area (Å²) in [7, 11) is -2.99. The molecule has 1 saturated heterocycles. The van der Waals surface area contributed by atoms with Gasteiger partial charge in [0.05, 0.1) is 17.2 Å². The van der Waals surface area contributed by atoms with Crippen LogP contribution >= 0.6 is 0 Å². The molecule has 1 aliphatic heterocycles. The van der Waals surface area contributed by atoms with Crippen LogP contribution in [0.2, 0.25) is 0 Å². The molecule has 1 heterocycles. The molecule has 19 heavy (non-hydrogen) atoms. The lowest BCUT2D eigenvalue weighted by Crippen LogP contribution is -2.47. The second kappa shape index (κ2) is 5.09. The molecule has 2 N–H and O–H groups in total. The van der Waals surface area contributed by atoms with E-state index in [1.54, 1.807) is 30.9 Å². The monoisotopic (exact) mass is 286 g/mol. The number of nitrogens with zero attached hydrogens (tertiary/aromatic N) is 1. The first kappa shape index (κ1) is 14.3. The van der Waals surface area contributed by atoms with Gasteiger partial charge in [-0.25, -0.2) is 12.8 Å². The first-order valence-corrected chi connectivity index (χ1v) is 8.14. The second-order valence-corrected chi connectivity index (χ2v) is 7.39. The Hall–Kier alpha value is -1.14. The van der Waals surface area contributed by atoms with Crippen LogP contribution in [-0.2, 0) is 9.84 Å². The number of hydrogen-bond acceptors (Lipinski definition) is 4. The van der Waals surface area contributed by atoms with Crippen LogP contribution in [0, 0.1) is 5.82 Å². The highest BCUT2D eigenvalue weighted by Gasteiger charge is 2.29. The third kappa shape index (κ3) is 3.06. The quantitative estimate of drug-likeness (QED) is 0.894. The average molecular weight is 286 g/mol. The van der Waals surface area contributed by atoms with E-state index < -0.39 is 9.84 Å². The Morgan fingerprint density at radius 3 is 2.68 bits per heavy atom.